The molecule has 0 saturated carbocycles. The highest BCUT2D eigenvalue weighted by atomic mass is 35.5. The summed E-state index contributed by atoms with van der Waals surface area (Å²) in [6.45, 7) is 4.48. The number of carbonyl (C=O) groups excluding carboxylic acids is 1. The van der Waals surface area contributed by atoms with Gasteiger partial charge in [-0.15, -0.1) is 11.3 Å². The van der Waals surface area contributed by atoms with Gasteiger partial charge >= 0.3 is 0 Å². The lowest BCUT2D eigenvalue weighted by molar-refractivity contribution is -0.113. The van der Waals surface area contributed by atoms with Gasteiger partial charge in [0.2, 0.25) is 5.91 Å². The second-order valence-electron chi connectivity index (χ2n) is 7.53. The molecule has 0 spiro atoms. The minimum atomic E-state index is -0.198. The van der Waals surface area contributed by atoms with E-state index in [1.54, 1.807) is 28.0 Å². The van der Waals surface area contributed by atoms with E-state index in [1.807, 2.05) is 13.8 Å². The first-order valence-corrected chi connectivity index (χ1v) is 12.4. The largest absolute Gasteiger partial charge is 0.495 e. The van der Waals surface area contributed by atoms with Gasteiger partial charge in [-0.2, -0.15) is 0 Å². The summed E-state index contributed by atoms with van der Waals surface area (Å²) in [4.78, 5) is 32.7. The monoisotopic (exact) mass is 477 g/mol. The van der Waals surface area contributed by atoms with Gasteiger partial charge in [-0.3, -0.25) is 14.2 Å². The average Bonchev–Trinajstić information content (AvgIpc) is 3.32. The van der Waals surface area contributed by atoms with Crippen LogP contribution in [0.3, 0.4) is 0 Å². The molecule has 2 aromatic heterocycles. The van der Waals surface area contributed by atoms with E-state index in [9.17, 15) is 9.59 Å². The molecule has 164 valence electrons. The number of methoxy groups -OCH3 is 1. The van der Waals surface area contributed by atoms with Crippen molar-refractivity contribution in [2.24, 2.45) is 0 Å². The maximum Gasteiger partial charge on any atom is 0.263 e. The van der Waals surface area contributed by atoms with Gasteiger partial charge in [-0.25, -0.2) is 4.98 Å². The van der Waals surface area contributed by atoms with E-state index in [4.69, 9.17) is 21.3 Å². The Kier molecular flexibility index (Phi) is 6.60. The quantitative estimate of drug-likeness (QED) is 0.380. The van der Waals surface area contributed by atoms with Crippen LogP contribution < -0.4 is 15.6 Å². The van der Waals surface area contributed by atoms with Crippen LogP contribution in [0, 0.1) is 6.92 Å². The van der Waals surface area contributed by atoms with Gasteiger partial charge in [0.25, 0.3) is 5.56 Å². The van der Waals surface area contributed by atoms with E-state index in [1.165, 1.54) is 29.3 Å². The van der Waals surface area contributed by atoms with E-state index < -0.39 is 0 Å². The molecule has 0 atom stereocenters. The Morgan fingerprint density at radius 2 is 2.19 bits per heavy atom. The van der Waals surface area contributed by atoms with Gasteiger partial charge in [0.05, 0.1) is 23.9 Å². The Bertz CT molecular complexity index is 1220. The van der Waals surface area contributed by atoms with Gasteiger partial charge in [0.15, 0.2) is 5.16 Å². The number of halogens is 1. The lowest BCUT2D eigenvalue weighted by atomic mass is 10.2. The van der Waals surface area contributed by atoms with Gasteiger partial charge in [-0.1, -0.05) is 30.3 Å². The number of carbonyl (C=O) groups is 1. The summed E-state index contributed by atoms with van der Waals surface area (Å²) >= 11 is 9.05. The number of benzene rings is 1. The predicted molar refractivity (Wildman–Crippen MR) is 128 cm³/mol. The summed E-state index contributed by atoms with van der Waals surface area (Å²) in [6.07, 6.45) is 3.90. The Morgan fingerprint density at radius 1 is 1.39 bits per heavy atom. The number of nitrogens with one attached hydrogen (secondary N) is 1. The molecule has 1 amide bonds. The molecular weight excluding hydrogens is 454 g/mol. The molecule has 0 unspecified atom stereocenters. The number of aryl methyl sites for hydroxylation is 3. The Labute approximate surface area is 194 Å². The van der Waals surface area contributed by atoms with Crippen molar-refractivity contribution in [1.29, 1.82) is 0 Å². The molecule has 3 aromatic rings. The zero-order chi connectivity index (χ0) is 22.1. The zero-order valence-electron chi connectivity index (χ0n) is 17.7. The number of thioether (sulfide) groups is 1. The van der Waals surface area contributed by atoms with Crippen molar-refractivity contribution in [3.63, 3.8) is 0 Å². The zero-order valence-corrected chi connectivity index (χ0v) is 20.1. The molecule has 1 aromatic carbocycles. The number of hydrogen-bond donors (Lipinski definition) is 1. The van der Waals surface area contributed by atoms with Crippen molar-refractivity contribution in [2.75, 3.05) is 18.2 Å². The number of amides is 1. The second kappa shape index (κ2) is 9.22. The van der Waals surface area contributed by atoms with Gasteiger partial charge < -0.3 is 10.1 Å². The highest BCUT2D eigenvalue weighted by Crippen LogP contribution is 2.36. The molecule has 1 aliphatic rings. The van der Waals surface area contributed by atoms with Crippen LogP contribution >= 0.6 is 34.7 Å². The Hall–Kier alpha value is -2.03. The number of hydrogen-bond acceptors (Lipinski definition) is 6. The highest BCUT2D eigenvalue weighted by Gasteiger charge is 2.23. The molecule has 9 heteroatoms. The van der Waals surface area contributed by atoms with Crippen LogP contribution in [0.4, 0.5) is 5.69 Å². The van der Waals surface area contributed by atoms with Crippen LogP contribution in [0.5, 0.6) is 5.75 Å². The Balaban J connectivity index is 1.58. The van der Waals surface area contributed by atoms with Crippen molar-refractivity contribution in [3.8, 4) is 5.75 Å². The second-order valence-corrected chi connectivity index (χ2v) is 9.96. The molecule has 4 rings (SSSR count). The van der Waals surface area contributed by atoms with Crippen LogP contribution in [0.2, 0.25) is 5.02 Å². The van der Waals surface area contributed by atoms with Gasteiger partial charge in [0, 0.05) is 22.5 Å². The van der Waals surface area contributed by atoms with E-state index in [-0.39, 0.29) is 17.2 Å². The fourth-order valence-corrected chi connectivity index (χ4v) is 6.12. The smallest absolute Gasteiger partial charge is 0.263 e. The summed E-state index contributed by atoms with van der Waals surface area (Å²) in [5.74, 6) is 0.443. The summed E-state index contributed by atoms with van der Waals surface area (Å²) in [7, 11) is 1.53. The standard InChI is InChI=1S/C22H24ClN3O3S2/c1-4-8-26-21(28)19-13-6-5-7-17(13)31-20(19)25-22(26)30-11-18(27)24-15-9-12(2)14(23)10-16(15)29-3/h9-10H,4-8,11H2,1-3H3,(H,24,27). The highest BCUT2D eigenvalue weighted by molar-refractivity contribution is 7.99. The fraction of sp³-hybridized carbons (Fsp3) is 0.409. The molecule has 0 aliphatic heterocycles. The normalized spacial score (nSPS) is 12.9. The Morgan fingerprint density at radius 3 is 2.94 bits per heavy atom. The minimum Gasteiger partial charge on any atom is -0.495 e. The number of thiophene rings is 1. The number of ether oxygens (including phenoxy) is 1. The molecule has 0 fully saturated rings. The van der Waals surface area contributed by atoms with E-state index >= 15 is 0 Å². The molecule has 0 radical (unpaired) electrons. The lowest BCUT2D eigenvalue weighted by Crippen LogP contribution is -2.24. The SMILES string of the molecule is CCCn1c(SCC(=O)Nc2cc(C)c(Cl)cc2OC)nc2sc3c(c2c1=O)CCC3. The maximum absolute atomic E-state index is 13.2. The number of anilines is 1. The third kappa shape index (κ3) is 4.33. The molecule has 1 aliphatic carbocycles. The predicted octanol–water partition coefficient (Wildman–Crippen LogP) is 5.06. The molecule has 1 N–H and O–H groups in total. The van der Waals surface area contributed by atoms with Crippen molar-refractivity contribution in [1.82, 2.24) is 9.55 Å². The first-order chi connectivity index (χ1) is 14.9. The van der Waals surface area contributed by atoms with Crippen molar-refractivity contribution >= 4 is 56.5 Å². The first kappa shape index (κ1) is 22.2. The van der Waals surface area contributed by atoms with Crippen LogP contribution in [0.25, 0.3) is 10.2 Å². The fourth-order valence-electron chi connectivity index (χ4n) is 3.84. The third-order valence-corrected chi connectivity index (χ3v) is 7.89. The molecule has 0 saturated heterocycles. The van der Waals surface area contributed by atoms with E-state index in [2.05, 4.69) is 5.32 Å². The van der Waals surface area contributed by atoms with Gasteiger partial charge in [0.1, 0.15) is 10.6 Å². The van der Waals surface area contributed by atoms with Crippen LogP contribution in [-0.2, 0) is 24.2 Å². The van der Waals surface area contributed by atoms with E-state index in [0.717, 1.165) is 41.5 Å². The summed E-state index contributed by atoms with van der Waals surface area (Å²) in [5, 5.41) is 4.83. The number of aromatic nitrogens is 2. The van der Waals surface area contributed by atoms with Crippen LogP contribution in [0.15, 0.2) is 22.1 Å². The van der Waals surface area contributed by atoms with Crippen molar-refractivity contribution < 1.29 is 9.53 Å². The number of nitrogens with zero attached hydrogens (tertiary/aromatic N) is 2. The maximum atomic E-state index is 13.2. The minimum absolute atomic E-state index is 0.0177. The van der Waals surface area contributed by atoms with Gasteiger partial charge in [-0.05, 0) is 49.8 Å². The molecular formula is C22H24ClN3O3S2. The van der Waals surface area contributed by atoms with Crippen molar-refractivity contribution in [3.05, 3.63) is 43.5 Å². The molecule has 0 bridgehead atoms. The first-order valence-electron chi connectivity index (χ1n) is 10.2. The third-order valence-electron chi connectivity index (χ3n) is 5.32. The van der Waals surface area contributed by atoms with Crippen LogP contribution in [-0.4, -0.2) is 28.3 Å². The van der Waals surface area contributed by atoms with E-state index in [0.29, 0.717) is 28.2 Å². The topological polar surface area (TPSA) is 73.2 Å². The summed E-state index contributed by atoms with van der Waals surface area (Å²) < 4.78 is 7.05. The molecule has 2 heterocycles. The average molecular weight is 478 g/mol. The lowest BCUT2D eigenvalue weighted by Gasteiger charge is -2.13. The summed E-state index contributed by atoms with van der Waals surface area (Å²) in [5.41, 5.74) is 2.62. The number of rotatable bonds is 7. The molecule has 31 heavy (non-hydrogen) atoms. The van der Waals surface area contributed by atoms with Crippen LogP contribution in [0.1, 0.15) is 35.8 Å². The van der Waals surface area contributed by atoms with Crippen molar-refractivity contribution in [2.45, 2.75) is 51.2 Å². The summed E-state index contributed by atoms with van der Waals surface area (Å²) in [6, 6.07) is 3.47. The number of fused-ring (bicyclic) bond motifs is 3. The molecule has 6 nitrogen and oxygen atoms in total.